The van der Waals surface area contributed by atoms with Crippen LogP contribution in [0.15, 0.2) is 44.1 Å². The predicted octanol–water partition coefficient (Wildman–Crippen LogP) is 3.82. The fourth-order valence-electron chi connectivity index (χ4n) is 4.17. The van der Waals surface area contributed by atoms with E-state index in [0.717, 1.165) is 8.89 Å². The quantitative estimate of drug-likeness (QED) is 0.258. The van der Waals surface area contributed by atoms with Crippen LogP contribution in [0.5, 0.6) is 0 Å². The molecule has 2 aliphatic rings. The molecule has 0 radical (unpaired) electrons. The van der Waals surface area contributed by atoms with Crippen LogP contribution in [0.2, 0.25) is 4.34 Å². The molecule has 2 amide bonds. The molecule has 14 heteroatoms. The summed E-state index contributed by atoms with van der Waals surface area (Å²) < 4.78 is 1.98. The molecule has 0 aromatic carbocycles. The SMILES string of the molecule is NCc1c(SC=CC2(C(=O)O)CS[C@@H]3C(NC(=O)Cc4cccs4)C(=O)N3C2)sc2sc(Cl)cc2c1=O. The van der Waals surface area contributed by atoms with Gasteiger partial charge in [-0.3, -0.25) is 19.2 Å². The molecular formula is C23H20ClN3O5S5. The van der Waals surface area contributed by atoms with E-state index in [2.05, 4.69) is 5.32 Å². The van der Waals surface area contributed by atoms with Gasteiger partial charge in [-0.05, 0) is 22.9 Å². The fraction of sp³-hybridized carbons (Fsp3) is 0.304. The molecule has 0 bridgehead atoms. The van der Waals surface area contributed by atoms with Crippen LogP contribution < -0.4 is 16.5 Å². The van der Waals surface area contributed by atoms with Crippen LogP contribution in [0.4, 0.5) is 0 Å². The van der Waals surface area contributed by atoms with Crippen molar-refractivity contribution in [3.8, 4) is 0 Å². The van der Waals surface area contributed by atoms with E-state index in [1.165, 1.54) is 62.4 Å². The Labute approximate surface area is 236 Å². The molecule has 0 aliphatic carbocycles. The van der Waals surface area contributed by atoms with Gasteiger partial charge in [0.15, 0.2) is 5.43 Å². The second-order valence-corrected chi connectivity index (χ2v) is 14.8. The highest BCUT2D eigenvalue weighted by atomic mass is 35.5. The van der Waals surface area contributed by atoms with E-state index in [1.54, 1.807) is 17.6 Å². The molecule has 2 saturated heterocycles. The number of carbonyl (C=O) groups is 3. The molecule has 3 aromatic heterocycles. The molecule has 8 nitrogen and oxygen atoms in total. The lowest BCUT2D eigenvalue weighted by Gasteiger charge is -2.53. The van der Waals surface area contributed by atoms with Crippen molar-refractivity contribution in [2.24, 2.45) is 11.1 Å². The van der Waals surface area contributed by atoms with E-state index >= 15 is 0 Å². The molecule has 0 saturated carbocycles. The number of β-lactam (4-membered cyclic amide) rings is 1. The van der Waals surface area contributed by atoms with Crippen LogP contribution in [0.25, 0.3) is 9.40 Å². The summed E-state index contributed by atoms with van der Waals surface area (Å²) in [6, 6.07) is 4.71. The Bertz CT molecular complexity index is 1470. The highest BCUT2D eigenvalue weighted by molar-refractivity contribution is 8.04. The molecule has 2 aliphatic heterocycles. The third-order valence-corrected chi connectivity index (χ3v) is 12.2. The van der Waals surface area contributed by atoms with Gasteiger partial charge in [0.05, 0.1) is 24.4 Å². The molecule has 2 unspecified atom stereocenters. The van der Waals surface area contributed by atoms with Gasteiger partial charge in [0.1, 0.15) is 16.8 Å². The molecule has 5 heterocycles. The molecular weight excluding hydrogens is 594 g/mol. The average molecular weight is 614 g/mol. The van der Waals surface area contributed by atoms with Crippen molar-refractivity contribution in [1.29, 1.82) is 0 Å². The number of thiophene rings is 2. The highest BCUT2D eigenvalue weighted by Gasteiger charge is 2.56. The van der Waals surface area contributed by atoms with Crippen molar-refractivity contribution < 1.29 is 19.5 Å². The second-order valence-electron chi connectivity index (χ2n) is 8.50. The Kier molecular flexibility index (Phi) is 7.74. The maximum atomic E-state index is 12.8. The first-order valence-corrected chi connectivity index (χ1v) is 15.8. The van der Waals surface area contributed by atoms with Gasteiger partial charge >= 0.3 is 5.97 Å². The number of carboxylic acid groups (broad SMARTS) is 1. The van der Waals surface area contributed by atoms with Crippen LogP contribution in [0, 0.1) is 5.41 Å². The summed E-state index contributed by atoms with van der Waals surface area (Å²) in [4.78, 5) is 52.8. The minimum Gasteiger partial charge on any atom is -0.481 e. The van der Waals surface area contributed by atoms with E-state index < -0.39 is 17.4 Å². The van der Waals surface area contributed by atoms with Crippen LogP contribution in [-0.4, -0.2) is 51.5 Å². The fourth-order valence-corrected chi connectivity index (χ4v) is 10.4. The number of nitrogens with two attached hydrogens (primary N) is 1. The minimum atomic E-state index is -1.29. The number of amides is 2. The minimum absolute atomic E-state index is 0.00668. The smallest absolute Gasteiger partial charge is 0.316 e. The number of aliphatic carboxylic acids is 1. The summed E-state index contributed by atoms with van der Waals surface area (Å²) in [5.41, 5.74) is 4.85. The second kappa shape index (κ2) is 10.7. The zero-order valence-electron chi connectivity index (χ0n) is 19.0. The monoisotopic (exact) mass is 613 g/mol. The van der Waals surface area contributed by atoms with E-state index in [1.807, 2.05) is 17.5 Å². The van der Waals surface area contributed by atoms with Gasteiger partial charge in [-0.15, -0.1) is 45.8 Å². The Morgan fingerprint density at radius 3 is 2.86 bits per heavy atom. The molecule has 194 valence electrons. The summed E-state index contributed by atoms with van der Waals surface area (Å²) >= 11 is 12.9. The van der Waals surface area contributed by atoms with Crippen LogP contribution in [0.3, 0.4) is 0 Å². The Morgan fingerprint density at radius 1 is 1.35 bits per heavy atom. The Morgan fingerprint density at radius 2 is 2.16 bits per heavy atom. The molecule has 37 heavy (non-hydrogen) atoms. The van der Waals surface area contributed by atoms with Gasteiger partial charge < -0.3 is 21.1 Å². The van der Waals surface area contributed by atoms with Crippen molar-refractivity contribution >= 4 is 96.3 Å². The largest absolute Gasteiger partial charge is 0.481 e. The molecule has 3 aromatic rings. The Balaban J connectivity index is 1.28. The van der Waals surface area contributed by atoms with E-state index in [4.69, 9.17) is 17.3 Å². The van der Waals surface area contributed by atoms with Gasteiger partial charge in [-0.1, -0.05) is 35.5 Å². The number of halogens is 1. The van der Waals surface area contributed by atoms with Crippen molar-refractivity contribution in [2.75, 3.05) is 12.3 Å². The average Bonchev–Trinajstić information content (AvgIpc) is 3.51. The zero-order valence-corrected chi connectivity index (χ0v) is 23.8. The van der Waals surface area contributed by atoms with Gasteiger partial charge in [0.25, 0.3) is 0 Å². The number of nitrogens with zero attached hydrogens (tertiary/aromatic N) is 1. The summed E-state index contributed by atoms with van der Waals surface area (Å²) in [5.74, 6) is -1.32. The zero-order chi connectivity index (χ0) is 26.3. The number of nitrogens with one attached hydrogen (secondary N) is 1. The summed E-state index contributed by atoms with van der Waals surface area (Å²) in [6.07, 6.45) is 1.79. The van der Waals surface area contributed by atoms with E-state index in [-0.39, 0.29) is 47.9 Å². The maximum absolute atomic E-state index is 12.8. The first kappa shape index (κ1) is 26.7. The topological polar surface area (TPSA) is 130 Å². The molecule has 4 N–H and O–H groups in total. The van der Waals surface area contributed by atoms with Crippen molar-refractivity contribution in [3.05, 3.63) is 60.1 Å². The van der Waals surface area contributed by atoms with Crippen molar-refractivity contribution in [3.63, 3.8) is 0 Å². The predicted molar refractivity (Wildman–Crippen MR) is 152 cm³/mol. The molecule has 2 fully saturated rings. The van der Waals surface area contributed by atoms with E-state index in [0.29, 0.717) is 19.5 Å². The summed E-state index contributed by atoms with van der Waals surface area (Å²) in [6.45, 7) is 0.0606. The van der Waals surface area contributed by atoms with Gasteiger partial charge in [-0.25, -0.2) is 0 Å². The highest BCUT2D eigenvalue weighted by Crippen LogP contribution is 2.44. The third kappa shape index (κ3) is 5.10. The maximum Gasteiger partial charge on any atom is 0.316 e. The number of thioether (sulfide) groups is 2. The third-order valence-electron chi connectivity index (χ3n) is 6.15. The summed E-state index contributed by atoms with van der Waals surface area (Å²) in [7, 11) is 0. The number of hydrogen-bond acceptors (Lipinski definition) is 10. The number of carbonyl (C=O) groups excluding carboxylic acids is 2. The van der Waals surface area contributed by atoms with E-state index in [9.17, 15) is 24.3 Å². The molecule has 5 rings (SSSR count). The van der Waals surface area contributed by atoms with Crippen LogP contribution >= 0.6 is 69.1 Å². The van der Waals surface area contributed by atoms with Crippen LogP contribution in [-0.2, 0) is 27.3 Å². The normalized spacial score (nSPS) is 23.3. The molecule has 0 spiro atoms. The summed E-state index contributed by atoms with van der Waals surface area (Å²) in [5, 5.41) is 16.7. The Hall–Kier alpha value is -1.87. The number of carboxylic acids is 1. The van der Waals surface area contributed by atoms with Crippen molar-refractivity contribution in [1.82, 2.24) is 10.2 Å². The first-order chi connectivity index (χ1) is 17.7. The van der Waals surface area contributed by atoms with Crippen molar-refractivity contribution in [2.45, 2.75) is 28.6 Å². The van der Waals surface area contributed by atoms with Gasteiger partial charge in [0, 0.05) is 29.3 Å². The molecule has 3 atom stereocenters. The standard InChI is InChI=1S/C23H20ClN3O5S5/c24-14-7-12-17(29)13(8-25)20(37-21(12)36-14)34-5-3-23(22(31)32)9-27-18(30)16(19(27)35-10-23)26-15(28)6-11-2-1-4-33-11/h1-5,7,16,19H,6,8-10,25H2,(H,26,28)(H,31,32)/t16?,19-,23?/m1/s1. The lowest BCUT2D eigenvalue weighted by Crippen LogP contribution is -2.73. The van der Waals surface area contributed by atoms with Gasteiger partial charge in [-0.2, -0.15) is 0 Å². The number of fused-ring (bicyclic) bond motifs is 2. The van der Waals surface area contributed by atoms with Crippen LogP contribution in [0.1, 0.15) is 10.4 Å². The first-order valence-electron chi connectivity index (χ1n) is 11.0. The lowest BCUT2D eigenvalue weighted by molar-refractivity contribution is -0.156. The lowest BCUT2D eigenvalue weighted by atomic mass is 9.87. The van der Waals surface area contributed by atoms with Gasteiger partial charge in [0.2, 0.25) is 11.8 Å². The number of rotatable bonds is 8. The number of hydrogen-bond donors (Lipinski definition) is 3.